The number of nitrogens with zero attached hydrogens (tertiary/aromatic N) is 4. The molecule has 0 radical (unpaired) electrons. The first kappa shape index (κ1) is 25.7. The number of hydrogen-bond donors (Lipinski definition) is 1. The molecular weight excluding hydrogens is 510 g/mol. The smallest absolute Gasteiger partial charge is 0.295 e. The quantitative estimate of drug-likeness (QED) is 0.277. The van der Waals surface area contributed by atoms with Crippen molar-refractivity contribution in [2.45, 2.75) is 30.8 Å². The van der Waals surface area contributed by atoms with Crippen LogP contribution in [0.3, 0.4) is 0 Å². The highest BCUT2D eigenvalue weighted by molar-refractivity contribution is 5.68. The van der Waals surface area contributed by atoms with Gasteiger partial charge in [-0.25, -0.2) is 10.1 Å². The third-order valence-corrected chi connectivity index (χ3v) is 7.33. The SMILES string of the molecule is COc1ccc(C(OCC2CCC(n3cnc4c(=O)[nH]nnc43)O2)(c2ccccc2)c2ccc(OC)cc2)cc1. The Kier molecular flexibility index (Phi) is 7.02. The van der Waals surface area contributed by atoms with Gasteiger partial charge < -0.3 is 18.9 Å². The number of methoxy groups -OCH3 is 2. The predicted octanol–water partition coefficient (Wildman–Crippen LogP) is 4.22. The Bertz CT molecular complexity index is 1590. The van der Waals surface area contributed by atoms with Crippen LogP contribution in [0.1, 0.15) is 35.8 Å². The van der Waals surface area contributed by atoms with Crippen LogP contribution in [0.15, 0.2) is 90.0 Å². The Hall–Kier alpha value is -4.54. The molecule has 10 heteroatoms. The van der Waals surface area contributed by atoms with Crippen LogP contribution in [0.5, 0.6) is 11.5 Å². The van der Waals surface area contributed by atoms with Gasteiger partial charge in [-0.2, -0.15) is 0 Å². The lowest BCUT2D eigenvalue weighted by atomic mass is 9.80. The van der Waals surface area contributed by atoms with Crippen LogP contribution in [0, 0.1) is 0 Å². The number of rotatable bonds is 9. The summed E-state index contributed by atoms with van der Waals surface area (Å²) in [6, 6.07) is 26.0. The highest BCUT2D eigenvalue weighted by Crippen LogP contribution is 2.42. The van der Waals surface area contributed by atoms with E-state index in [1.165, 1.54) is 0 Å². The number of fused-ring (bicyclic) bond motifs is 1. The molecule has 1 N–H and O–H groups in total. The molecule has 1 aliphatic rings. The summed E-state index contributed by atoms with van der Waals surface area (Å²) in [5.74, 6) is 1.52. The molecule has 0 saturated carbocycles. The van der Waals surface area contributed by atoms with Gasteiger partial charge in [0.1, 0.15) is 23.3 Å². The second-order valence-electron chi connectivity index (χ2n) is 9.57. The summed E-state index contributed by atoms with van der Waals surface area (Å²) in [6.07, 6.45) is 2.53. The van der Waals surface area contributed by atoms with E-state index in [2.05, 4.69) is 32.5 Å². The standard InChI is InChI=1S/C30H29N5O5/c1-37-23-12-8-21(9-13-23)30(20-6-4-3-5-7-20,22-10-14-24(38-2)15-11-22)39-18-25-16-17-26(40-25)35-19-31-27-28(35)32-34-33-29(27)36/h3-15,19,25-26H,16-18H2,1-2H3,(H,32,33,36). The Morgan fingerprint density at radius 1 is 0.900 bits per heavy atom. The lowest BCUT2D eigenvalue weighted by molar-refractivity contribution is -0.0756. The number of benzene rings is 3. The van der Waals surface area contributed by atoms with Gasteiger partial charge in [-0.05, 0) is 53.8 Å². The second kappa shape index (κ2) is 10.9. The largest absolute Gasteiger partial charge is 0.497 e. The molecule has 40 heavy (non-hydrogen) atoms. The summed E-state index contributed by atoms with van der Waals surface area (Å²) >= 11 is 0. The van der Waals surface area contributed by atoms with Crippen molar-refractivity contribution in [2.75, 3.05) is 20.8 Å². The van der Waals surface area contributed by atoms with E-state index in [1.807, 2.05) is 66.7 Å². The summed E-state index contributed by atoms with van der Waals surface area (Å²) < 4.78 is 26.0. The molecule has 6 rings (SSSR count). The number of ether oxygens (including phenoxy) is 4. The first-order chi connectivity index (χ1) is 19.6. The van der Waals surface area contributed by atoms with Gasteiger partial charge in [-0.15, -0.1) is 5.10 Å². The molecule has 0 spiro atoms. The molecule has 0 bridgehead atoms. The van der Waals surface area contributed by atoms with E-state index in [9.17, 15) is 4.79 Å². The van der Waals surface area contributed by atoms with Gasteiger partial charge in [0.05, 0.1) is 33.3 Å². The molecule has 5 aromatic rings. The fourth-order valence-corrected chi connectivity index (χ4v) is 5.30. The van der Waals surface area contributed by atoms with Gasteiger partial charge in [0.2, 0.25) is 0 Å². The van der Waals surface area contributed by atoms with Crippen LogP contribution < -0.4 is 15.0 Å². The van der Waals surface area contributed by atoms with Crippen LogP contribution >= 0.6 is 0 Å². The summed E-state index contributed by atoms with van der Waals surface area (Å²) in [4.78, 5) is 16.3. The second-order valence-corrected chi connectivity index (χ2v) is 9.57. The van der Waals surface area contributed by atoms with E-state index in [4.69, 9.17) is 18.9 Å². The molecule has 0 aliphatic carbocycles. The van der Waals surface area contributed by atoms with Crippen molar-refractivity contribution in [3.05, 3.63) is 112 Å². The zero-order valence-electron chi connectivity index (χ0n) is 22.2. The zero-order valence-corrected chi connectivity index (χ0v) is 22.2. The average molecular weight is 540 g/mol. The fraction of sp³-hybridized carbons (Fsp3) is 0.267. The maximum Gasteiger partial charge on any atom is 0.295 e. The molecular formula is C30H29N5O5. The van der Waals surface area contributed by atoms with E-state index in [1.54, 1.807) is 25.1 Å². The van der Waals surface area contributed by atoms with Crippen molar-refractivity contribution in [1.29, 1.82) is 0 Å². The lowest BCUT2D eigenvalue weighted by Crippen LogP contribution is -2.35. The van der Waals surface area contributed by atoms with Crippen molar-refractivity contribution in [1.82, 2.24) is 25.0 Å². The Morgan fingerprint density at radius 2 is 1.52 bits per heavy atom. The van der Waals surface area contributed by atoms with Crippen molar-refractivity contribution < 1.29 is 18.9 Å². The van der Waals surface area contributed by atoms with E-state index >= 15 is 0 Å². The van der Waals surface area contributed by atoms with Crippen molar-refractivity contribution >= 4 is 11.2 Å². The average Bonchev–Trinajstić information content (AvgIpc) is 3.67. The topological polar surface area (TPSA) is 113 Å². The predicted molar refractivity (Wildman–Crippen MR) is 147 cm³/mol. The summed E-state index contributed by atoms with van der Waals surface area (Å²) in [7, 11) is 3.30. The van der Waals surface area contributed by atoms with Crippen LogP contribution in [-0.4, -0.2) is 51.9 Å². The van der Waals surface area contributed by atoms with Gasteiger partial charge in [-0.1, -0.05) is 59.8 Å². The van der Waals surface area contributed by atoms with Crippen LogP contribution in [0.4, 0.5) is 0 Å². The molecule has 2 unspecified atom stereocenters. The first-order valence-corrected chi connectivity index (χ1v) is 13.0. The van der Waals surface area contributed by atoms with Gasteiger partial charge in [0, 0.05) is 0 Å². The molecule has 1 fully saturated rings. The maximum absolute atomic E-state index is 12.1. The summed E-state index contributed by atoms with van der Waals surface area (Å²) in [5, 5.41) is 10.1. The van der Waals surface area contributed by atoms with Gasteiger partial charge in [0.15, 0.2) is 11.2 Å². The third kappa shape index (κ3) is 4.61. The normalized spacial score (nSPS) is 17.2. The summed E-state index contributed by atoms with van der Waals surface area (Å²) in [5.41, 5.74) is 2.21. The molecule has 3 heterocycles. The fourth-order valence-electron chi connectivity index (χ4n) is 5.30. The zero-order chi connectivity index (χ0) is 27.5. The molecule has 2 aromatic heterocycles. The minimum atomic E-state index is -0.929. The van der Waals surface area contributed by atoms with E-state index < -0.39 is 5.60 Å². The van der Waals surface area contributed by atoms with Crippen molar-refractivity contribution in [3.8, 4) is 11.5 Å². The number of aromatic amines is 1. The molecule has 10 nitrogen and oxygen atoms in total. The van der Waals surface area contributed by atoms with Crippen molar-refractivity contribution in [3.63, 3.8) is 0 Å². The molecule has 3 aromatic carbocycles. The van der Waals surface area contributed by atoms with Gasteiger partial charge in [-0.3, -0.25) is 9.36 Å². The number of H-pyrrole nitrogens is 1. The van der Waals surface area contributed by atoms with Crippen LogP contribution in [0.2, 0.25) is 0 Å². The molecule has 2 atom stereocenters. The van der Waals surface area contributed by atoms with Gasteiger partial charge >= 0.3 is 0 Å². The minimum absolute atomic E-state index is 0.197. The number of nitrogens with one attached hydrogen (secondary N) is 1. The highest BCUT2D eigenvalue weighted by atomic mass is 16.6. The monoisotopic (exact) mass is 539 g/mol. The first-order valence-electron chi connectivity index (χ1n) is 13.0. The van der Waals surface area contributed by atoms with E-state index in [-0.39, 0.29) is 23.4 Å². The maximum atomic E-state index is 12.1. The number of imidazole rings is 1. The van der Waals surface area contributed by atoms with Crippen LogP contribution in [0.25, 0.3) is 11.2 Å². The minimum Gasteiger partial charge on any atom is -0.497 e. The highest BCUT2D eigenvalue weighted by Gasteiger charge is 2.40. The third-order valence-electron chi connectivity index (χ3n) is 7.33. The Labute approximate surface area is 230 Å². The van der Waals surface area contributed by atoms with Gasteiger partial charge in [0.25, 0.3) is 5.56 Å². The number of aromatic nitrogens is 5. The Morgan fingerprint density at radius 3 is 2.15 bits per heavy atom. The Balaban J connectivity index is 1.35. The van der Waals surface area contributed by atoms with E-state index in [0.29, 0.717) is 12.3 Å². The van der Waals surface area contributed by atoms with E-state index in [0.717, 1.165) is 41.0 Å². The lowest BCUT2D eigenvalue weighted by Gasteiger charge is -2.37. The molecule has 0 amide bonds. The van der Waals surface area contributed by atoms with Crippen molar-refractivity contribution in [2.24, 2.45) is 0 Å². The summed E-state index contributed by atoms with van der Waals surface area (Å²) in [6.45, 7) is 0.322. The molecule has 204 valence electrons. The van der Waals surface area contributed by atoms with Crippen LogP contribution in [-0.2, 0) is 15.1 Å². The molecule has 1 aliphatic heterocycles. The number of hydrogen-bond acceptors (Lipinski definition) is 8. The molecule has 1 saturated heterocycles.